The molecular weight excluding hydrogens is 248 g/mol. The van der Waals surface area contributed by atoms with Gasteiger partial charge in [0.2, 0.25) is 0 Å². The Morgan fingerprint density at radius 2 is 2.22 bits per heavy atom. The second kappa shape index (κ2) is 5.69. The fourth-order valence-electron chi connectivity index (χ4n) is 2.42. The molecule has 100 valence electrons. The molecule has 1 fully saturated rings. The quantitative estimate of drug-likeness (QED) is 0.851. The summed E-state index contributed by atoms with van der Waals surface area (Å²) in [5.74, 6) is -0.372. The van der Waals surface area contributed by atoms with Gasteiger partial charge in [-0.2, -0.15) is 0 Å². The van der Waals surface area contributed by atoms with Gasteiger partial charge >= 0.3 is 5.97 Å². The highest BCUT2D eigenvalue weighted by molar-refractivity contribution is 7.13. The number of carbonyl (C=O) groups excluding carboxylic acids is 1. The third kappa shape index (κ3) is 3.22. The van der Waals surface area contributed by atoms with Gasteiger partial charge in [0.05, 0.1) is 7.11 Å². The first-order chi connectivity index (χ1) is 8.63. The van der Waals surface area contributed by atoms with Crippen molar-refractivity contribution in [2.45, 2.75) is 39.0 Å². The number of anilines is 1. The van der Waals surface area contributed by atoms with E-state index in [0.29, 0.717) is 11.1 Å². The lowest BCUT2D eigenvalue weighted by atomic mass is 9.76. The molecule has 0 unspecified atom stereocenters. The molecule has 0 radical (unpaired) electrons. The number of rotatable bonds is 4. The molecule has 0 amide bonds. The van der Waals surface area contributed by atoms with Crippen LogP contribution in [0.1, 0.15) is 49.5 Å². The third-order valence-electron chi connectivity index (χ3n) is 3.63. The van der Waals surface area contributed by atoms with Gasteiger partial charge in [-0.25, -0.2) is 9.78 Å². The molecule has 18 heavy (non-hydrogen) atoms. The van der Waals surface area contributed by atoms with Crippen molar-refractivity contribution in [1.29, 1.82) is 0 Å². The molecule has 5 heteroatoms. The molecule has 1 saturated carbocycles. The van der Waals surface area contributed by atoms with Gasteiger partial charge in [-0.15, -0.1) is 11.3 Å². The Labute approximate surface area is 112 Å². The number of nitrogens with zero attached hydrogens (tertiary/aromatic N) is 1. The van der Waals surface area contributed by atoms with Gasteiger partial charge in [-0.05, 0) is 18.3 Å². The summed E-state index contributed by atoms with van der Waals surface area (Å²) in [4.78, 5) is 15.5. The summed E-state index contributed by atoms with van der Waals surface area (Å²) in [5, 5.41) is 5.89. The van der Waals surface area contributed by atoms with Crippen molar-refractivity contribution in [2.75, 3.05) is 19.0 Å². The zero-order valence-corrected chi connectivity index (χ0v) is 11.8. The van der Waals surface area contributed by atoms with Crippen LogP contribution < -0.4 is 5.32 Å². The van der Waals surface area contributed by atoms with Crippen LogP contribution in [0.4, 0.5) is 5.13 Å². The van der Waals surface area contributed by atoms with E-state index in [1.54, 1.807) is 5.38 Å². The molecule has 1 aromatic rings. The average molecular weight is 268 g/mol. The standard InChI is InChI=1S/C13H20N2O2S/c1-13(6-4-3-5-7-13)9-14-12-15-10(8-18-12)11(16)17-2/h8H,3-7,9H2,1-2H3,(H,14,15). The van der Waals surface area contributed by atoms with E-state index in [0.717, 1.165) is 11.7 Å². The van der Waals surface area contributed by atoms with E-state index in [1.807, 2.05) is 0 Å². The number of thiazole rings is 1. The fourth-order valence-corrected chi connectivity index (χ4v) is 3.10. The first-order valence-corrected chi connectivity index (χ1v) is 7.29. The number of esters is 1. The molecule has 0 atom stereocenters. The average Bonchev–Trinajstić information content (AvgIpc) is 2.85. The first kappa shape index (κ1) is 13.3. The number of carbonyl (C=O) groups is 1. The molecule has 1 N–H and O–H groups in total. The minimum atomic E-state index is -0.372. The molecule has 4 nitrogen and oxygen atoms in total. The summed E-state index contributed by atoms with van der Waals surface area (Å²) >= 11 is 1.46. The first-order valence-electron chi connectivity index (χ1n) is 6.41. The maximum Gasteiger partial charge on any atom is 0.357 e. The molecular formula is C13H20N2O2S. The van der Waals surface area contributed by atoms with Crippen LogP contribution in [0.25, 0.3) is 0 Å². The summed E-state index contributed by atoms with van der Waals surface area (Å²) in [6.07, 6.45) is 6.55. The highest BCUT2D eigenvalue weighted by Crippen LogP contribution is 2.35. The second-order valence-electron chi connectivity index (χ2n) is 5.25. The molecule has 2 rings (SSSR count). The van der Waals surface area contributed by atoms with Crippen LogP contribution in [0.5, 0.6) is 0 Å². The Morgan fingerprint density at radius 1 is 1.50 bits per heavy atom. The number of aromatic nitrogens is 1. The van der Waals surface area contributed by atoms with Crippen LogP contribution in [-0.2, 0) is 4.74 Å². The monoisotopic (exact) mass is 268 g/mol. The van der Waals surface area contributed by atoms with Crippen molar-refractivity contribution >= 4 is 22.4 Å². The van der Waals surface area contributed by atoms with Crippen LogP contribution in [0, 0.1) is 5.41 Å². The molecule has 0 bridgehead atoms. The van der Waals surface area contributed by atoms with E-state index in [9.17, 15) is 4.79 Å². The van der Waals surface area contributed by atoms with Gasteiger partial charge in [0.25, 0.3) is 0 Å². The van der Waals surface area contributed by atoms with Crippen LogP contribution in [0.2, 0.25) is 0 Å². The molecule has 0 spiro atoms. The van der Waals surface area contributed by atoms with Crippen LogP contribution in [0.15, 0.2) is 5.38 Å². The molecule has 0 aliphatic heterocycles. The highest BCUT2D eigenvalue weighted by Gasteiger charge is 2.26. The molecule has 1 heterocycles. The third-order valence-corrected chi connectivity index (χ3v) is 4.43. The van der Waals surface area contributed by atoms with Crippen molar-refractivity contribution in [3.8, 4) is 0 Å². The Kier molecular flexibility index (Phi) is 4.22. The van der Waals surface area contributed by atoms with E-state index in [2.05, 4.69) is 22.0 Å². The van der Waals surface area contributed by atoms with E-state index < -0.39 is 0 Å². The molecule has 0 aromatic carbocycles. The fraction of sp³-hybridized carbons (Fsp3) is 0.692. The number of methoxy groups -OCH3 is 1. The van der Waals surface area contributed by atoms with Gasteiger partial charge in [-0.3, -0.25) is 0 Å². The van der Waals surface area contributed by atoms with E-state index in [1.165, 1.54) is 50.6 Å². The Hall–Kier alpha value is -1.10. The number of hydrogen-bond donors (Lipinski definition) is 1. The summed E-state index contributed by atoms with van der Waals surface area (Å²) < 4.78 is 4.64. The summed E-state index contributed by atoms with van der Waals surface area (Å²) in [7, 11) is 1.37. The predicted octanol–water partition coefficient (Wildman–Crippen LogP) is 3.31. The summed E-state index contributed by atoms with van der Waals surface area (Å²) in [6, 6.07) is 0. The van der Waals surface area contributed by atoms with Crippen molar-refractivity contribution in [2.24, 2.45) is 5.41 Å². The van der Waals surface area contributed by atoms with Crippen LogP contribution in [-0.4, -0.2) is 24.6 Å². The Morgan fingerprint density at radius 3 is 2.89 bits per heavy atom. The predicted molar refractivity (Wildman–Crippen MR) is 73.1 cm³/mol. The second-order valence-corrected chi connectivity index (χ2v) is 6.11. The molecule has 1 aromatic heterocycles. The Balaban J connectivity index is 1.89. The topological polar surface area (TPSA) is 51.2 Å². The van der Waals surface area contributed by atoms with E-state index in [-0.39, 0.29) is 5.97 Å². The molecule has 0 saturated heterocycles. The highest BCUT2D eigenvalue weighted by atomic mass is 32.1. The minimum absolute atomic E-state index is 0.370. The molecule has 1 aliphatic carbocycles. The van der Waals surface area contributed by atoms with E-state index in [4.69, 9.17) is 0 Å². The normalized spacial score (nSPS) is 18.3. The Bertz CT molecular complexity index is 411. The summed E-state index contributed by atoms with van der Waals surface area (Å²) in [5.41, 5.74) is 0.758. The zero-order chi connectivity index (χ0) is 13.0. The number of ether oxygens (including phenoxy) is 1. The lowest BCUT2D eigenvalue weighted by Crippen LogP contribution is -2.28. The lowest BCUT2D eigenvalue weighted by Gasteiger charge is -2.33. The number of nitrogens with one attached hydrogen (secondary N) is 1. The lowest BCUT2D eigenvalue weighted by molar-refractivity contribution is 0.0595. The number of hydrogen-bond acceptors (Lipinski definition) is 5. The van der Waals surface area contributed by atoms with Gasteiger partial charge in [0.15, 0.2) is 10.8 Å². The summed E-state index contributed by atoms with van der Waals surface area (Å²) in [6.45, 7) is 3.26. The van der Waals surface area contributed by atoms with E-state index >= 15 is 0 Å². The largest absolute Gasteiger partial charge is 0.464 e. The maximum atomic E-state index is 11.3. The van der Waals surface area contributed by atoms with Gasteiger partial charge in [0, 0.05) is 11.9 Å². The minimum Gasteiger partial charge on any atom is -0.464 e. The SMILES string of the molecule is COC(=O)c1csc(NCC2(C)CCCCC2)n1. The van der Waals surface area contributed by atoms with Crippen LogP contribution >= 0.6 is 11.3 Å². The van der Waals surface area contributed by atoms with Crippen molar-refractivity contribution in [3.05, 3.63) is 11.1 Å². The smallest absolute Gasteiger partial charge is 0.357 e. The van der Waals surface area contributed by atoms with Crippen molar-refractivity contribution in [1.82, 2.24) is 4.98 Å². The van der Waals surface area contributed by atoms with Gasteiger partial charge < -0.3 is 10.1 Å². The van der Waals surface area contributed by atoms with Gasteiger partial charge in [-0.1, -0.05) is 26.2 Å². The maximum absolute atomic E-state index is 11.3. The van der Waals surface area contributed by atoms with Crippen molar-refractivity contribution in [3.63, 3.8) is 0 Å². The zero-order valence-electron chi connectivity index (χ0n) is 11.0. The van der Waals surface area contributed by atoms with Crippen LogP contribution in [0.3, 0.4) is 0 Å². The molecule has 1 aliphatic rings. The van der Waals surface area contributed by atoms with Gasteiger partial charge in [0.1, 0.15) is 0 Å². The van der Waals surface area contributed by atoms with Crippen molar-refractivity contribution < 1.29 is 9.53 Å².